The molecule has 3 nitrogen and oxygen atoms in total. The molecule has 1 aromatic rings. The largest absolute Gasteiger partial charge is 0.361 e. The first-order chi connectivity index (χ1) is 10.1. The number of likely N-dealkylation sites (tertiary alicyclic amines) is 1. The lowest BCUT2D eigenvalue weighted by Crippen LogP contribution is -2.48. The van der Waals surface area contributed by atoms with E-state index in [2.05, 4.69) is 48.4 Å². The molecule has 2 rings (SSSR count). The molecule has 116 valence electrons. The zero-order valence-electron chi connectivity index (χ0n) is 13.4. The van der Waals surface area contributed by atoms with Crippen molar-refractivity contribution in [1.82, 2.24) is 10.2 Å². The minimum atomic E-state index is 0.512. The Morgan fingerprint density at radius 2 is 2.24 bits per heavy atom. The molecule has 0 aromatic heterocycles. The normalized spacial score (nSPS) is 20.8. The lowest BCUT2D eigenvalue weighted by Gasteiger charge is -2.38. The van der Waals surface area contributed by atoms with Gasteiger partial charge in [0.25, 0.3) is 0 Å². The first kappa shape index (κ1) is 16.2. The fourth-order valence-corrected chi connectivity index (χ4v) is 3.23. The van der Waals surface area contributed by atoms with Crippen LogP contribution >= 0.6 is 12.2 Å². The van der Waals surface area contributed by atoms with Crippen molar-refractivity contribution in [3.63, 3.8) is 0 Å². The number of hydrogen-bond donors (Lipinski definition) is 2. The summed E-state index contributed by atoms with van der Waals surface area (Å²) < 4.78 is 0. The van der Waals surface area contributed by atoms with Crippen LogP contribution < -0.4 is 10.6 Å². The Bertz CT molecular complexity index is 475. The molecule has 0 amide bonds. The number of anilines is 1. The van der Waals surface area contributed by atoms with Crippen LogP contribution in [0.2, 0.25) is 0 Å². The summed E-state index contributed by atoms with van der Waals surface area (Å²) in [5, 5.41) is 7.31. The standard InChI is InChI=1S/C17H27N3S/c1-13-7-6-9-16(11-13)19-17(21)18-12-15(3)20-10-5-4-8-14(20)2/h6-7,9,11,14-15H,4-5,8,10,12H2,1-3H3,(H2,18,19,21). The number of benzene rings is 1. The Labute approximate surface area is 134 Å². The molecule has 1 saturated heterocycles. The molecule has 0 spiro atoms. The van der Waals surface area contributed by atoms with Crippen molar-refractivity contribution in [3.8, 4) is 0 Å². The molecule has 1 fully saturated rings. The molecule has 1 aliphatic rings. The van der Waals surface area contributed by atoms with Crippen molar-refractivity contribution in [3.05, 3.63) is 29.8 Å². The van der Waals surface area contributed by atoms with Crippen molar-refractivity contribution >= 4 is 23.0 Å². The first-order valence-corrected chi connectivity index (χ1v) is 8.34. The maximum atomic E-state index is 5.39. The molecule has 0 aliphatic carbocycles. The maximum Gasteiger partial charge on any atom is 0.170 e. The van der Waals surface area contributed by atoms with E-state index in [0.29, 0.717) is 17.2 Å². The van der Waals surface area contributed by atoms with Gasteiger partial charge in [0.15, 0.2) is 5.11 Å². The molecule has 1 aliphatic heterocycles. The highest BCUT2D eigenvalue weighted by atomic mass is 32.1. The Morgan fingerprint density at radius 1 is 1.43 bits per heavy atom. The van der Waals surface area contributed by atoms with Crippen LogP contribution in [0.25, 0.3) is 0 Å². The van der Waals surface area contributed by atoms with Gasteiger partial charge in [0, 0.05) is 24.3 Å². The molecule has 0 saturated carbocycles. The molecule has 2 atom stereocenters. The van der Waals surface area contributed by atoms with Gasteiger partial charge in [-0.15, -0.1) is 0 Å². The number of thiocarbonyl (C=S) groups is 1. The van der Waals surface area contributed by atoms with Gasteiger partial charge in [-0.05, 0) is 70.1 Å². The fraction of sp³-hybridized carbons (Fsp3) is 0.588. The number of rotatable bonds is 4. The van der Waals surface area contributed by atoms with E-state index in [1.807, 2.05) is 12.1 Å². The number of nitrogens with one attached hydrogen (secondary N) is 2. The second-order valence-electron chi connectivity index (χ2n) is 6.14. The van der Waals surface area contributed by atoms with E-state index in [1.54, 1.807) is 0 Å². The van der Waals surface area contributed by atoms with Gasteiger partial charge in [-0.1, -0.05) is 18.6 Å². The highest BCUT2D eigenvalue weighted by Crippen LogP contribution is 2.18. The molecule has 1 heterocycles. The minimum Gasteiger partial charge on any atom is -0.361 e. The Kier molecular flexibility index (Phi) is 6.00. The van der Waals surface area contributed by atoms with Crippen LogP contribution in [0.15, 0.2) is 24.3 Å². The monoisotopic (exact) mass is 305 g/mol. The smallest absolute Gasteiger partial charge is 0.170 e. The van der Waals surface area contributed by atoms with E-state index >= 15 is 0 Å². The van der Waals surface area contributed by atoms with Gasteiger partial charge in [0.1, 0.15) is 0 Å². The van der Waals surface area contributed by atoms with Gasteiger partial charge in [0.05, 0.1) is 0 Å². The summed E-state index contributed by atoms with van der Waals surface area (Å²) in [6.45, 7) is 8.80. The van der Waals surface area contributed by atoms with Crippen molar-refractivity contribution < 1.29 is 0 Å². The van der Waals surface area contributed by atoms with Crippen LogP contribution in [0.5, 0.6) is 0 Å². The van der Waals surface area contributed by atoms with Crippen LogP contribution in [0, 0.1) is 6.92 Å². The highest BCUT2D eigenvalue weighted by molar-refractivity contribution is 7.80. The Hall–Kier alpha value is -1.13. The third-order valence-electron chi connectivity index (χ3n) is 4.25. The topological polar surface area (TPSA) is 27.3 Å². The lowest BCUT2D eigenvalue weighted by molar-refractivity contribution is 0.116. The number of piperidine rings is 1. The second kappa shape index (κ2) is 7.76. The minimum absolute atomic E-state index is 0.512. The van der Waals surface area contributed by atoms with Crippen LogP contribution in [0.1, 0.15) is 38.7 Å². The van der Waals surface area contributed by atoms with Crippen LogP contribution in [-0.2, 0) is 0 Å². The van der Waals surface area contributed by atoms with Gasteiger partial charge in [-0.25, -0.2) is 0 Å². The van der Waals surface area contributed by atoms with E-state index in [9.17, 15) is 0 Å². The summed E-state index contributed by atoms with van der Waals surface area (Å²) in [6.07, 6.45) is 4.00. The van der Waals surface area contributed by atoms with Crippen LogP contribution in [0.4, 0.5) is 5.69 Å². The molecule has 4 heteroatoms. The zero-order valence-corrected chi connectivity index (χ0v) is 14.2. The number of hydrogen-bond acceptors (Lipinski definition) is 2. The molecule has 2 unspecified atom stereocenters. The van der Waals surface area contributed by atoms with Crippen molar-refractivity contribution in [2.45, 2.75) is 52.1 Å². The molecule has 2 N–H and O–H groups in total. The van der Waals surface area contributed by atoms with Crippen molar-refractivity contribution in [1.29, 1.82) is 0 Å². The van der Waals surface area contributed by atoms with E-state index < -0.39 is 0 Å². The summed E-state index contributed by atoms with van der Waals surface area (Å²) in [7, 11) is 0. The predicted octanol–water partition coefficient (Wildman–Crippen LogP) is 3.54. The quantitative estimate of drug-likeness (QED) is 0.832. The van der Waals surface area contributed by atoms with Gasteiger partial charge in [-0.3, -0.25) is 4.90 Å². The van der Waals surface area contributed by atoms with Gasteiger partial charge >= 0.3 is 0 Å². The summed E-state index contributed by atoms with van der Waals surface area (Å²) in [5.74, 6) is 0. The van der Waals surface area contributed by atoms with Crippen molar-refractivity contribution in [2.75, 3.05) is 18.4 Å². The van der Waals surface area contributed by atoms with E-state index in [4.69, 9.17) is 12.2 Å². The number of nitrogens with zero attached hydrogens (tertiary/aromatic N) is 1. The second-order valence-corrected chi connectivity index (χ2v) is 6.54. The van der Waals surface area contributed by atoms with E-state index in [1.165, 1.54) is 31.4 Å². The average molecular weight is 305 g/mol. The average Bonchev–Trinajstić information content (AvgIpc) is 2.45. The molecule has 21 heavy (non-hydrogen) atoms. The van der Waals surface area contributed by atoms with E-state index in [0.717, 1.165) is 12.2 Å². The Balaban J connectivity index is 1.78. The van der Waals surface area contributed by atoms with E-state index in [-0.39, 0.29) is 0 Å². The van der Waals surface area contributed by atoms with Crippen LogP contribution in [-0.4, -0.2) is 35.2 Å². The third kappa shape index (κ3) is 4.97. The Morgan fingerprint density at radius 3 is 2.95 bits per heavy atom. The summed E-state index contributed by atoms with van der Waals surface area (Å²) in [5.41, 5.74) is 2.28. The van der Waals surface area contributed by atoms with Gasteiger partial charge in [-0.2, -0.15) is 0 Å². The summed E-state index contributed by atoms with van der Waals surface area (Å²) in [4.78, 5) is 2.59. The third-order valence-corrected chi connectivity index (χ3v) is 4.50. The number of aryl methyl sites for hydroxylation is 1. The molecule has 0 radical (unpaired) electrons. The zero-order chi connectivity index (χ0) is 15.2. The van der Waals surface area contributed by atoms with Gasteiger partial charge in [0.2, 0.25) is 0 Å². The lowest BCUT2D eigenvalue weighted by atomic mass is 10.0. The molecular weight excluding hydrogens is 278 g/mol. The molecular formula is C17H27N3S. The maximum absolute atomic E-state index is 5.39. The predicted molar refractivity (Wildman–Crippen MR) is 94.9 cm³/mol. The summed E-state index contributed by atoms with van der Waals surface area (Å²) in [6, 6.07) is 9.47. The summed E-state index contributed by atoms with van der Waals surface area (Å²) >= 11 is 5.39. The van der Waals surface area contributed by atoms with Crippen LogP contribution in [0.3, 0.4) is 0 Å². The van der Waals surface area contributed by atoms with Crippen molar-refractivity contribution in [2.24, 2.45) is 0 Å². The SMILES string of the molecule is Cc1cccc(NC(=S)NCC(C)N2CCCCC2C)c1. The fourth-order valence-electron chi connectivity index (χ4n) is 3.03. The molecule has 1 aromatic carbocycles. The first-order valence-electron chi connectivity index (χ1n) is 7.93. The molecule has 0 bridgehead atoms. The highest BCUT2D eigenvalue weighted by Gasteiger charge is 2.22. The van der Waals surface area contributed by atoms with Gasteiger partial charge < -0.3 is 10.6 Å².